The van der Waals surface area contributed by atoms with E-state index in [1.54, 1.807) is 54.9 Å². The van der Waals surface area contributed by atoms with Gasteiger partial charge < -0.3 is 19.5 Å². The zero-order valence-electron chi connectivity index (χ0n) is 21.7. The van der Waals surface area contributed by atoms with Gasteiger partial charge in [-0.3, -0.25) is 14.6 Å². The van der Waals surface area contributed by atoms with Gasteiger partial charge in [-0.2, -0.15) is 0 Å². The van der Waals surface area contributed by atoms with Crippen LogP contribution in [0.5, 0.6) is 17.2 Å². The third kappa shape index (κ3) is 5.38. The van der Waals surface area contributed by atoms with Gasteiger partial charge in [0.1, 0.15) is 23.0 Å². The number of ether oxygens (including phenoxy) is 2. The molecule has 1 amide bonds. The van der Waals surface area contributed by atoms with Crippen LogP contribution in [0.25, 0.3) is 5.76 Å². The molecule has 39 heavy (non-hydrogen) atoms. The van der Waals surface area contributed by atoms with Gasteiger partial charge in [0.15, 0.2) is 0 Å². The number of aliphatic hydroxyl groups is 1. The minimum atomic E-state index is -0.838. The molecule has 2 heterocycles. The predicted molar refractivity (Wildman–Crippen MR) is 147 cm³/mol. The quantitative estimate of drug-likeness (QED) is 0.169. The Hall–Kier alpha value is -4.91. The lowest BCUT2D eigenvalue weighted by Gasteiger charge is -2.26. The molecule has 1 atom stereocenters. The lowest BCUT2D eigenvalue weighted by molar-refractivity contribution is -0.140. The molecule has 1 aliphatic heterocycles. The second-order valence-electron chi connectivity index (χ2n) is 9.19. The van der Waals surface area contributed by atoms with Crippen LogP contribution in [0.4, 0.5) is 0 Å². The van der Waals surface area contributed by atoms with Crippen LogP contribution >= 0.6 is 0 Å². The van der Waals surface area contributed by atoms with Gasteiger partial charge in [-0.25, -0.2) is 0 Å². The molecule has 5 rings (SSSR count). The topological polar surface area (TPSA) is 89.0 Å². The number of aryl methyl sites for hydroxylation is 1. The van der Waals surface area contributed by atoms with E-state index in [2.05, 4.69) is 4.98 Å². The molecule has 1 unspecified atom stereocenters. The molecular weight excluding hydrogens is 492 g/mol. The number of likely N-dealkylation sites (tertiary alicyclic amines) is 1. The maximum Gasteiger partial charge on any atom is 0.295 e. The standard InChI is InChI=1S/C32H28N2O5/c1-3-38-25-14-15-27(21(2)17-25)30(35)28-29(34(32(37)31(28)36)20-22-9-8-16-33-19-22)23-10-7-13-26(18-23)39-24-11-5-4-6-12-24/h4-19,29,35H,3,20H2,1-2H3/b30-28+. The van der Waals surface area contributed by atoms with E-state index in [-0.39, 0.29) is 17.9 Å². The molecule has 1 fully saturated rings. The van der Waals surface area contributed by atoms with Crippen LogP contribution in [0.1, 0.15) is 35.2 Å². The molecule has 0 saturated carbocycles. The molecule has 7 nitrogen and oxygen atoms in total. The summed E-state index contributed by atoms with van der Waals surface area (Å²) in [7, 11) is 0. The number of rotatable bonds is 8. The SMILES string of the molecule is CCOc1ccc(/C(O)=C2\C(=O)C(=O)N(Cc3cccnc3)C2c2cccc(Oc3ccccc3)c2)c(C)c1. The number of amides is 1. The molecule has 1 saturated heterocycles. The van der Waals surface area contributed by atoms with Gasteiger partial charge in [-0.05, 0) is 79.1 Å². The first-order chi connectivity index (χ1) is 19.0. The summed E-state index contributed by atoms with van der Waals surface area (Å²) < 4.78 is 11.6. The number of benzene rings is 3. The van der Waals surface area contributed by atoms with Crippen molar-refractivity contribution in [2.24, 2.45) is 0 Å². The first-order valence-electron chi connectivity index (χ1n) is 12.7. The van der Waals surface area contributed by atoms with Crippen molar-refractivity contribution in [3.63, 3.8) is 0 Å². The summed E-state index contributed by atoms with van der Waals surface area (Å²) in [5.41, 5.74) is 2.60. The third-order valence-corrected chi connectivity index (χ3v) is 6.53. The van der Waals surface area contributed by atoms with Crippen LogP contribution in [0, 0.1) is 6.92 Å². The van der Waals surface area contributed by atoms with Gasteiger partial charge >= 0.3 is 0 Å². The minimum absolute atomic E-state index is 0.0213. The molecule has 0 bridgehead atoms. The Morgan fingerprint density at radius 2 is 1.72 bits per heavy atom. The lowest BCUT2D eigenvalue weighted by Crippen LogP contribution is -2.29. The zero-order valence-corrected chi connectivity index (χ0v) is 21.7. The van der Waals surface area contributed by atoms with E-state index >= 15 is 0 Å². The van der Waals surface area contributed by atoms with Crippen LogP contribution in [0.3, 0.4) is 0 Å². The highest BCUT2D eigenvalue weighted by molar-refractivity contribution is 6.46. The number of ketones is 1. The fraction of sp³-hybridized carbons (Fsp3) is 0.156. The molecule has 3 aromatic carbocycles. The molecular formula is C32H28N2O5. The number of hydrogen-bond acceptors (Lipinski definition) is 6. The van der Waals surface area contributed by atoms with Crippen LogP contribution in [-0.4, -0.2) is 33.3 Å². The molecule has 1 N–H and O–H groups in total. The first kappa shape index (κ1) is 25.7. The average molecular weight is 521 g/mol. The van der Waals surface area contributed by atoms with Gasteiger partial charge in [0, 0.05) is 24.5 Å². The largest absolute Gasteiger partial charge is 0.507 e. The van der Waals surface area contributed by atoms with Crippen molar-refractivity contribution >= 4 is 17.4 Å². The second-order valence-corrected chi connectivity index (χ2v) is 9.19. The summed E-state index contributed by atoms with van der Waals surface area (Å²) in [6.07, 6.45) is 3.30. The van der Waals surface area contributed by atoms with Gasteiger partial charge in [0.05, 0.1) is 18.2 Å². The summed E-state index contributed by atoms with van der Waals surface area (Å²) in [6, 6.07) is 24.6. The van der Waals surface area contributed by atoms with Crippen molar-refractivity contribution in [3.8, 4) is 17.2 Å². The van der Waals surface area contributed by atoms with E-state index in [0.717, 1.165) is 11.1 Å². The molecule has 0 spiro atoms. The summed E-state index contributed by atoms with van der Waals surface area (Å²) in [5, 5.41) is 11.5. The fourth-order valence-electron chi connectivity index (χ4n) is 4.75. The molecule has 7 heteroatoms. The van der Waals surface area contributed by atoms with Crippen molar-refractivity contribution in [1.29, 1.82) is 0 Å². The predicted octanol–water partition coefficient (Wildman–Crippen LogP) is 6.20. The van der Waals surface area contributed by atoms with E-state index in [1.807, 2.05) is 56.3 Å². The van der Waals surface area contributed by atoms with E-state index in [0.29, 0.717) is 35.0 Å². The van der Waals surface area contributed by atoms with Crippen molar-refractivity contribution in [3.05, 3.63) is 125 Å². The maximum atomic E-state index is 13.5. The Morgan fingerprint density at radius 1 is 0.923 bits per heavy atom. The minimum Gasteiger partial charge on any atom is -0.507 e. The Bertz CT molecular complexity index is 1530. The van der Waals surface area contributed by atoms with Crippen molar-refractivity contribution < 1.29 is 24.2 Å². The summed E-state index contributed by atoms with van der Waals surface area (Å²) in [4.78, 5) is 32.5. The second kappa shape index (κ2) is 11.2. The summed E-state index contributed by atoms with van der Waals surface area (Å²) >= 11 is 0. The monoisotopic (exact) mass is 520 g/mol. The number of carbonyl (C=O) groups is 2. The van der Waals surface area contributed by atoms with Crippen LogP contribution in [0.15, 0.2) is 103 Å². The first-order valence-corrected chi connectivity index (χ1v) is 12.7. The van der Waals surface area contributed by atoms with Crippen molar-refractivity contribution in [1.82, 2.24) is 9.88 Å². The number of Topliss-reactive ketones (excluding diaryl/α,β-unsaturated/α-hetero) is 1. The maximum absolute atomic E-state index is 13.5. The molecule has 196 valence electrons. The summed E-state index contributed by atoms with van der Waals surface area (Å²) in [5.74, 6) is 0.187. The number of pyridine rings is 1. The Balaban J connectivity index is 1.62. The number of para-hydroxylation sites is 1. The number of aromatic nitrogens is 1. The lowest BCUT2D eigenvalue weighted by atomic mass is 9.93. The highest BCUT2D eigenvalue weighted by Crippen LogP contribution is 2.42. The molecule has 0 aliphatic carbocycles. The van der Waals surface area contributed by atoms with E-state index < -0.39 is 17.7 Å². The van der Waals surface area contributed by atoms with E-state index in [9.17, 15) is 14.7 Å². The Kier molecular flexibility index (Phi) is 7.41. The Labute approximate surface area is 227 Å². The van der Waals surface area contributed by atoms with Crippen molar-refractivity contribution in [2.45, 2.75) is 26.4 Å². The van der Waals surface area contributed by atoms with Crippen molar-refractivity contribution in [2.75, 3.05) is 6.61 Å². The molecule has 0 radical (unpaired) electrons. The van der Waals surface area contributed by atoms with E-state index in [4.69, 9.17) is 9.47 Å². The van der Waals surface area contributed by atoms with Gasteiger partial charge in [-0.1, -0.05) is 36.4 Å². The number of carbonyl (C=O) groups excluding carboxylic acids is 2. The summed E-state index contributed by atoms with van der Waals surface area (Å²) in [6.45, 7) is 4.37. The smallest absolute Gasteiger partial charge is 0.295 e. The van der Waals surface area contributed by atoms with Crippen LogP contribution in [-0.2, 0) is 16.1 Å². The normalized spacial score (nSPS) is 16.4. The average Bonchev–Trinajstić information content (AvgIpc) is 3.19. The number of nitrogens with zero attached hydrogens (tertiary/aromatic N) is 2. The number of hydrogen-bond donors (Lipinski definition) is 1. The van der Waals surface area contributed by atoms with E-state index in [1.165, 1.54) is 4.90 Å². The van der Waals surface area contributed by atoms with Gasteiger partial charge in [0.2, 0.25) is 0 Å². The van der Waals surface area contributed by atoms with Crippen LogP contribution in [0.2, 0.25) is 0 Å². The highest BCUT2D eigenvalue weighted by Gasteiger charge is 2.46. The fourth-order valence-corrected chi connectivity index (χ4v) is 4.75. The molecule has 1 aliphatic rings. The molecule has 4 aromatic rings. The van der Waals surface area contributed by atoms with Gasteiger partial charge in [0.25, 0.3) is 11.7 Å². The van der Waals surface area contributed by atoms with Crippen LogP contribution < -0.4 is 9.47 Å². The highest BCUT2D eigenvalue weighted by atomic mass is 16.5. The number of aliphatic hydroxyl groups excluding tert-OH is 1. The van der Waals surface area contributed by atoms with Gasteiger partial charge in [-0.15, -0.1) is 0 Å². The Morgan fingerprint density at radius 3 is 2.44 bits per heavy atom. The third-order valence-electron chi connectivity index (χ3n) is 6.53. The molecule has 1 aromatic heterocycles. The zero-order chi connectivity index (χ0) is 27.4.